The number of pyridine rings is 1. The van der Waals surface area contributed by atoms with Crippen LogP contribution in [0.25, 0.3) is 10.9 Å². The summed E-state index contributed by atoms with van der Waals surface area (Å²) < 4.78 is 11.8. The molecular formula is C23H29N3O3. The van der Waals surface area contributed by atoms with Crippen LogP contribution >= 0.6 is 0 Å². The Morgan fingerprint density at radius 2 is 2.03 bits per heavy atom. The number of benzene rings is 1. The SMILES string of the molecule is O=C(c1cccc2cccnc12)N1CCC[C@]2(C[C@H](CN3CCOCC3)CO2)C1. The number of hydrogen-bond donors (Lipinski definition) is 0. The summed E-state index contributed by atoms with van der Waals surface area (Å²) in [5.74, 6) is 0.621. The number of carbonyl (C=O) groups excluding carboxylic acids is 1. The van der Waals surface area contributed by atoms with Gasteiger partial charge in [-0.15, -0.1) is 0 Å². The number of amides is 1. The lowest BCUT2D eigenvalue weighted by Crippen LogP contribution is -2.50. The van der Waals surface area contributed by atoms with E-state index in [1.54, 1.807) is 6.20 Å². The Balaban J connectivity index is 1.28. The lowest BCUT2D eigenvalue weighted by atomic mass is 9.86. The Morgan fingerprint density at radius 1 is 1.17 bits per heavy atom. The van der Waals surface area contributed by atoms with Crippen molar-refractivity contribution >= 4 is 16.8 Å². The molecule has 0 N–H and O–H groups in total. The number of likely N-dealkylation sites (tertiary alicyclic amines) is 1. The summed E-state index contributed by atoms with van der Waals surface area (Å²) in [5.41, 5.74) is 1.31. The molecule has 1 spiro atoms. The lowest BCUT2D eigenvalue weighted by molar-refractivity contribution is -0.0451. The van der Waals surface area contributed by atoms with Crippen LogP contribution in [0.2, 0.25) is 0 Å². The molecule has 0 radical (unpaired) electrons. The van der Waals surface area contributed by atoms with E-state index in [4.69, 9.17) is 9.47 Å². The topological polar surface area (TPSA) is 54.9 Å². The van der Waals surface area contributed by atoms with E-state index in [1.807, 2.05) is 35.2 Å². The van der Waals surface area contributed by atoms with Gasteiger partial charge >= 0.3 is 0 Å². The quantitative estimate of drug-likeness (QED) is 0.800. The van der Waals surface area contributed by atoms with Crippen molar-refractivity contribution in [2.24, 2.45) is 5.92 Å². The first kappa shape index (κ1) is 19.0. The third kappa shape index (κ3) is 3.89. The predicted molar refractivity (Wildman–Crippen MR) is 111 cm³/mol. The Labute approximate surface area is 171 Å². The van der Waals surface area contributed by atoms with Gasteiger partial charge in [-0.3, -0.25) is 14.7 Å². The van der Waals surface area contributed by atoms with Gasteiger partial charge < -0.3 is 14.4 Å². The Kier molecular flexibility index (Phi) is 5.24. The molecule has 0 bridgehead atoms. The third-order valence-corrected chi connectivity index (χ3v) is 6.60. The number of morpholine rings is 1. The van der Waals surface area contributed by atoms with E-state index in [2.05, 4.69) is 9.88 Å². The van der Waals surface area contributed by atoms with E-state index in [0.29, 0.717) is 18.0 Å². The smallest absolute Gasteiger partial charge is 0.256 e. The zero-order valence-corrected chi connectivity index (χ0v) is 16.9. The molecule has 4 heterocycles. The maximum absolute atomic E-state index is 13.4. The largest absolute Gasteiger partial charge is 0.379 e. The monoisotopic (exact) mass is 395 g/mol. The first-order chi connectivity index (χ1) is 14.2. The van der Waals surface area contributed by atoms with Gasteiger partial charge in [0, 0.05) is 44.3 Å². The molecular weight excluding hydrogens is 366 g/mol. The van der Waals surface area contributed by atoms with Gasteiger partial charge in [-0.25, -0.2) is 0 Å². The minimum atomic E-state index is -0.178. The molecule has 3 fully saturated rings. The average molecular weight is 396 g/mol. The molecule has 5 rings (SSSR count). The van der Waals surface area contributed by atoms with Crippen LogP contribution < -0.4 is 0 Å². The van der Waals surface area contributed by atoms with Crippen molar-refractivity contribution < 1.29 is 14.3 Å². The Hall–Kier alpha value is -2.02. The third-order valence-electron chi connectivity index (χ3n) is 6.60. The highest BCUT2D eigenvalue weighted by Crippen LogP contribution is 2.38. The number of aromatic nitrogens is 1. The molecule has 1 aromatic heterocycles. The summed E-state index contributed by atoms with van der Waals surface area (Å²) in [7, 11) is 0. The number of para-hydroxylation sites is 1. The van der Waals surface area contributed by atoms with Gasteiger partial charge in [-0.1, -0.05) is 18.2 Å². The summed E-state index contributed by atoms with van der Waals surface area (Å²) in [5, 5.41) is 1.01. The van der Waals surface area contributed by atoms with Crippen LogP contribution in [0.4, 0.5) is 0 Å². The highest BCUT2D eigenvalue weighted by Gasteiger charge is 2.45. The van der Waals surface area contributed by atoms with Crippen molar-refractivity contribution in [3.63, 3.8) is 0 Å². The van der Waals surface area contributed by atoms with Gasteiger partial charge in [0.05, 0.1) is 36.5 Å². The normalized spacial score (nSPS) is 28.3. The predicted octanol–water partition coefficient (Wildman–Crippen LogP) is 2.58. The van der Waals surface area contributed by atoms with Crippen molar-refractivity contribution in [2.75, 3.05) is 52.5 Å². The van der Waals surface area contributed by atoms with Crippen molar-refractivity contribution in [3.05, 3.63) is 42.1 Å². The molecule has 2 aromatic rings. The van der Waals surface area contributed by atoms with Crippen LogP contribution in [-0.2, 0) is 9.47 Å². The Morgan fingerprint density at radius 3 is 2.93 bits per heavy atom. The molecule has 0 saturated carbocycles. The number of nitrogens with zero attached hydrogens (tertiary/aromatic N) is 3. The van der Waals surface area contributed by atoms with E-state index < -0.39 is 0 Å². The fraction of sp³-hybridized carbons (Fsp3) is 0.565. The molecule has 29 heavy (non-hydrogen) atoms. The number of carbonyl (C=O) groups is 1. The molecule has 6 heteroatoms. The number of hydrogen-bond acceptors (Lipinski definition) is 5. The molecule has 0 aliphatic carbocycles. The summed E-state index contributed by atoms with van der Waals surface area (Å²) in [6.45, 7) is 7.06. The minimum absolute atomic E-state index is 0.0774. The second-order valence-corrected chi connectivity index (χ2v) is 8.69. The molecule has 3 aliphatic rings. The van der Waals surface area contributed by atoms with E-state index in [9.17, 15) is 4.79 Å². The van der Waals surface area contributed by atoms with Crippen LogP contribution in [0.1, 0.15) is 29.6 Å². The molecule has 2 atom stereocenters. The van der Waals surface area contributed by atoms with Crippen molar-refractivity contribution in [1.82, 2.24) is 14.8 Å². The van der Waals surface area contributed by atoms with Gasteiger partial charge in [0.25, 0.3) is 5.91 Å². The van der Waals surface area contributed by atoms with Crippen molar-refractivity contribution in [1.29, 1.82) is 0 Å². The van der Waals surface area contributed by atoms with Gasteiger partial charge in [0.1, 0.15) is 0 Å². The van der Waals surface area contributed by atoms with Crippen molar-refractivity contribution in [2.45, 2.75) is 24.9 Å². The van der Waals surface area contributed by atoms with Gasteiger partial charge in [-0.05, 0) is 37.3 Å². The number of ether oxygens (including phenoxy) is 2. The summed E-state index contributed by atoms with van der Waals surface area (Å²) >= 11 is 0. The summed E-state index contributed by atoms with van der Waals surface area (Å²) in [6, 6.07) is 9.77. The highest BCUT2D eigenvalue weighted by molar-refractivity contribution is 6.05. The van der Waals surface area contributed by atoms with Gasteiger partial charge in [0.2, 0.25) is 0 Å². The molecule has 1 amide bonds. The zero-order valence-electron chi connectivity index (χ0n) is 16.9. The second kappa shape index (κ2) is 8.01. The highest BCUT2D eigenvalue weighted by atomic mass is 16.5. The lowest BCUT2D eigenvalue weighted by Gasteiger charge is -2.40. The fourth-order valence-electron chi connectivity index (χ4n) is 5.21. The van der Waals surface area contributed by atoms with Crippen LogP contribution in [0, 0.1) is 5.92 Å². The van der Waals surface area contributed by atoms with E-state index in [0.717, 1.165) is 76.2 Å². The molecule has 3 saturated heterocycles. The van der Waals surface area contributed by atoms with Gasteiger partial charge in [-0.2, -0.15) is 0 Å². The average Bonchev–Trinajstić information content (AvgIpc) is 3.15. The van der Waals surface area contributed by atoms with Crippen LogP contribution in [0.5, 0.6) is 0 Å². The first-order valence-corrected chi connectivity index (χ1v) is 10.8. The van der Waals surface area contributed by atoms with Gasteiger partial charge in [0.15, 0.2) is 0 Å². The molecule has 6 nitrogen and oxygen atoms in total. The van der Waals surface area contributed by atoms with E-state index in [-0.39, 0.29) is 11.5 Å². The first-order valence-electron chi connectivity index (χ1n) is 10.8. The van der Waals surface area contributed by atoms with E-state index >= 15 is 0 Å². The zero-order chi connectivity index (χ0) is 19.7. The number of fused-ring (bicyclic) bond motifs is 1. The van der Waals surface area contributed by atoms with Crippen LogP contribution in [0.3, 0.4) is 0 Å². The Bertz CT molecular complexity index is 877. The number of rotatable bonds is 3. The fourth-order valence-corrected chi connectivity index (χ4v) is 5.21. The molecule has 154 valence electrons. The molecule has 0 unspecified atom stereocenters. The number of piperidine rings is 1. The van der Waals surface area contributed by atoms with Crippen LogP contribution in [0.15, 0.2) is 36.5 Å². The minimum Gasteiger partial charge on any atom is -0.379 e. The maximum atomic E-state index is 13.4. The second-order valence-electron chi connectivity index (χ2n) is 8.69. The summed E-state index contributed by atoms with van der Waals surface area (Å²) in [6.07, 6.45) is 4.84. The molecule has 1 aromatic carbocycles. The van der Waals surface area contributed by atoms with E-state index in [1.165, 1.54) is 0 Å². The molecule has 3 aliphatic heterocycles. The van der Waals surface area contributed by atoms with Crippen molar-refractivity contribution in [3.8, 4) is 0 Å². The maximum Gasteiger partial charge on any atom is 0.256 e. The summed E-state index contributed by atoms with van der Waals surface area (Å²) in [4.78, 5) is 22.3. The van der Waals surface area contributed by atoms with Crippen LogP contribution in [-0.4, -0.2) is 78.8 Å². The standard InChI is InChI=1S/C23H29N3O3/c27-22(20-6-1-4-19-5-2-8-24-21(19)20)26-9-3-7-23(17-26)14-18(16-29-23)15-25-10-12-28-13-11-25/h1-2,4-6,8,18H,3,7,9-17H2/t18-,23+/m1/s1.